The van der Waals surface area contributed by atoms with Crippen LogP contribution in [0.3, 0.4) is 0 Å². The number of hydrogen-bond acceptors (Lipinski definition) is 3. The van der Waals surface area contributed by atoms with E-state index in [9.17, 15) is 14.4 Å². The van der Waals surface area contributed by atoms with Gasteiger partial charge in [0, 0.05) is 11.5 Å². The van der Waals surface area contributed by atoms with Crippen molar-refractivity contribution in [2.45, 2.75) is 0 Å². The number of imide groups is 3. The highest BCUT2D eigenvalue weighted by atomic mass is 16.2. The van der Waals surface area contributed by atoms with Crippen LogP contribution in [0.1, 0.15) is 26.3 Å². The third-order valence-electron chi connectivity index (χ3n) is 3.08. The SMILES string of the molecule is O=C(C#Cc1ccccc1)N1C(=O)c2ccccc2C1=O. The Bertz CT molecular complexity index is 778. The van der Waals surface area contributed by atoms with Crippen LogP contribution < -0.4 is 0 Å². The van der Waals surface area contributed by atoms with E-state index in [2.05, 4.69) is 11.8 Å². The summed E-state index contributed by atoms with van der Waals surface area (Å²) in [5, 5.41) is 0. The van der Waals surface area contributed by atoms with Crippen molar-refractivity contribution in [3.8, 4) is 11.8 Å². The number of benzene rings is 2. The van der Waals surface area contributed by atoms with Crippen LogP contribution in [0.2, 0.25) is 0 Å². The predicted molar refractivity (Wildman–Crippen MR) is 75.3 cm³/mol. The van der Waals surface area contributed by atoms with Gasteiger partial charge in [0.15, 0.2) is 0 Å². The van der Waals surface area contributed by atoms with E-state index in [4.69, 9.17) is 0 Å². The zero-order valence-electron chi connectivity index (χ0n) is 10.9. The Labute approximate surface area is 121 Å². The van der Waals surface area contributed by atoms with Crippen molar-refractivity contribution < 1.29 is 14.4 Å². The van der Waals surface area contributed by atoms with Crippen molar-refractivity contribution >= 4 is 17.7 Å². The summed E-state index contributed by atoms with van der Waals surface area (Å²) in [4.78, 5) is 36.8. The monoisotopic (exact) mass is 275 g/mol. The number of amides is 3. The third kappa shape index (κ3) is 2.21. The Kier molecular flexibility index (Phi) is 3.09. The zero-order valence-corrected chi connectivity index (χ0v) is 10.9. The summed E-state index contributed by atoms with van der Waals surface area (Å²) >= 11 is 0. The molecule has 4 heteroatoms. The van der Waals surface area contributed by atoms with E-state index in [0.29, 0.717) is 10.5 Å². The maximum Gasteiger partial charge on any atom is 0.312 e. The molecule has 0 unspecified atom stereocenters. The van der Waals surface area contributed by atoms with Gasteiger partial charge < -0.3 is 0 Å². The molecule has 0 fully saturated rings. The molecule has 0 radical (unpaired) electrons. The highest BCUT2D eigenvalue weighted by molar-refractivity contribution is 6.31. The summed E-state index contributed by atoms with van der Waals surface area (Å²) < 4.78 is 0. The van der Waals surface area contributed by atoms with Crippen LogP contribution in [-0.2, 0) is 4.79 Å². The highest BCUT2D eigenvalue weighted by Crippen LogP contribution is 2.22. The van der Waals surface area contributed by atoms with Crippen molar-refractivity contribution in [2.75, 3.05) is 0 Å². The normalized spacial score (nSPS) is 12.7. The van der Waals surface area contributed by atoms with E-state index in [1.165, 1.54) is 12.1 Å². The molecule has 0 saturated carbocycles. The summed E-state index contributed by atoms with van der Waals surface area (Å²) in [7, 11) is 0. The molecule has 0 N–H and O–H groups in total. The predicted octanol–water partition coefficient (Wildman–Crippen LogP) is 1.86. The van der Waals surface area contributed by atoms with Gasteiger partial charge in [-0.15, -0.1) is 0 Å². The smallest absolute Gasteiger partial charge is 0.268 e. The minimum atomic E-state index is -0.815. The Morgan fingerprint density at radius 2 is 1.33 bits per heavy atom. The largest absolute Gasteiger partial charge is 0.312 e. The minimum Gasteiger partial charge on any atom is -0.268 e. The van der Waals surface area contributed by atoms with Crippen LogP contribution in [0.5, 0.6) is 0 Å². The number of carbonyl (C=O) groups excluding carboxylic acids is 3. The Balaban J connectivity index is 1.90. The molecule has 100 valence electrons. The zero-order chi connectivity index (χ0) is 14.8. The van der Waals surface area contributed by atoms with Crippen LogP contribution in [0, 0.1) is 11.8 Å². The van der Waals surface area contributed by atoms with Gasteiger partial charge in [-0.05, 0) is 24.3 Å². The molecule has 4 nitrogen and oxygen atoms in total. The lowest BCUT2D eigenvalue weighted by atomic mass is 10.1. The lowest BCUT2D eigenvalue weighted by Crippen LogP contribution is -2.35. The first kappa shape index (κ1) is 12.8. The molecular formula is C17H9NO3. The molecule has 1 heterocycles. The lowest BCUT2D eigenvalue weighted by Gasteiger charge is -2.06. The Morgan fingerprint density at radius 3 is 1.90 bits per heavy atom. The molecular weight excluding hydrogens is 266 g/mol. The molecule has 1 aliphatic rings. The maximum atomic E-state index is 12.1. The van der Waals surface area contributed by atoms with Crippen molar-refractivity contribution in [3.05, 3.63) is 71.3 Å². The van der Waals surface area contributed by atoms with Crippen molar-refractivity contribution in [1.29, 1.82) is 0 Å². The minimum absolute atomic E-state index is 0.234. The number of hydrogen-bond donors (Lipinski definition) is 0. The van der Waals surface area contributed by atoms with Gasteiger partial charge in [-0.2, -0.15) is 4.90 Å². The second kappa shape index (κ2) is 5.06. The van der Waals surface area contributed by atoms with Gasteiger partial charge >= 0.3 is 5.91 Å². The molecule has 0 aliphatic carbocycles. The van der Waals surface area contributed by atoms with E-state index in [1.807, 2.05) is 6.07 Å². The summed E-state index contributed by atoms with van der Waals surface area (Å²) in [6.07, 6.45) is 0. The number of fused-ring (bicyclic) bond motifs is 1. The Hall–Kier alpha value is -3.19. The second-order valence-electron chi connectivity index (χ2n) is 4.41. The highest BCUT2D eigenvalue weighted by Gasteiger charge is 2.38. The van der Waals surface area contributed by atoms with E-state index in [-0.39, 0.29) is 11.1 Å². The summed E-state index contributed by atoms with van der Waals surface area (Å²) in [6.45, 7) is 0. The van der Waals surface area contributed by atoms with E-state index < -0.39 is 17.7 Å². The first-order chi connectivity index (χ1) is 10.2. The van der Waals surface area contributed by atoms with Gasteiger partial charge in [0.2, 0.25) is 0 Å². The first-order valence-electron chi connectivity index (χ1n) is 6.27. The number of carbonyl (C=O) groups is 3. The third-order valence-corrected chi connectivity index (χ3v) is 3.08. The standard InChI is InChI=1S/C17H9NO3/c19-15(11-10-12-6-2-1-3-7-12)18-16(20)13-8-4-5-9-14(13)17(18)21/h1-9H. The van der Waals surface area contributed by atoms with Gasteiger partial charge in [-0.25, -0.2) is 0 Å². The lowest BCUT2D eigenvalue weighted by molar-refractivity contribution is -0.120. The molecule has 0 aromatic heterocycles. The molecule has 2 aromatic carbocycles. The fourth-order valence-electron chi connectivity index (χ4n) is 2.08. The average molecular weight is 275 g/mol. The van der Waals surface area contributed by atoms with Crippen LogP contribution in [0.25, 0.3) is 0 Å². The number of rotatable bonds is 0. The fourth-order valence-corrected chi connectivity index (χ4v) is 2.08. The van der Waals surface area contributed by atoms with Crippen LogP contribution in [0.15, 0.2) is 54.6 Å². The maximum absolute atomic E-state index is 12.1. The quantitative estimate of drug-likeness (QED) is 0.544. The van der Waals surface area contributed by atoms with Crippen molar-refractivity contribution in [1.82, 2.24) is 4.90 Å². The van der Waals surface area contributed by atoms with Crippen molar-refractivity contribution in [3.63, 3.8) is 0 Å². The molecule has 0 atom stereocenters. The second-order valence-corrected chi connectivity index (χ2v) is 4.41. The van der Waals surface area contributed by atoms with E-state index >= 15 is 0 Å². The molecule has 0 saturated heterocycles. The van der Waals surface area contributed by atoms with Crippen LogP contribution in [-0.4, -0.2) is 22.6 Å². The summed E-state index contributed by atoms with van der Waals surface area (Å²) in [5.74, 6) is 2.92. The summed E-state index contributed by atoms with van der Waals surface area (Å²) in [5.41, 5.74) is 1.11. The first-order valence-corrected chi connectivity index (χ1v) is 6.27. The molecule has 3 amide bonds. The van der Waals surface area contributed by atoms with Gasteiger partial charge in [0.1, 0.15) is 0 Å². The number of nitrogens with zero attached hydrogens (tertiary/aromatic N) is 1. The van der Waals surface area contributed by atoms with Crippen LogP contribution >= 0.6 is 0 Å². The van der Waals surface area contributed by atoms with Gasteiger partial charge in [0.25, 0.3) is 11.8 Å². The van der Waals surface area contributed by atoms with Gasteiger partial charge in [0.05, 0.1) is 11.1 Å². The molecule has 21 heavy (non-hydrogen) atoms. The van der Waals surface area contributed by atoms with Gasteiger partial charge in [-0.1, -0.05) is 36.3 Å². The topological polar surface area (TPSA) is 54.5 Å². The van der Waals surface area contributed by atoms with Crippen LogP contribution in [0.4, 0.5) is 0 Å². The molecule has 0 bridgehead atoms. The summed E-state index contributed by atoms with van der Waals surface area (Å²) in [6, 6.07) is 15.2. The molecule has 3 rings (SSSR count). The molecule has 0 spiro atoms. The Morgan fingerprint density at radius 1 is 0.810 bits per heavy atom. The molecule has 2 aromatic rings. The molecule has 1 aliphatic heterocycles. The van der Waals surface area contributed by atoms with E-state index in [1.54, 1.807) is 36.4 Å². The van der Waals surface area contributed by atoms with Crippen molar-refractivity contribution in [2.24, 2.45) is 0 Å². The average Bonchev–Trinajstić information content (AvgIpc) is 2.78. The van der Waals surface area contributed by atoms with Gasteiger partial charge in [-0.3, -0.25) is 14.4 Å². The fraction of sp³-hybridized carbons (Fsp3) is 0. The van der Waals surface area contributed by atoms with E-state index in [0.717, 1.165) is 0 Å².